The molecule has 2 unspecified atom stereocenters. The van der Waals surface area contributed by atoms with Gasteiger partial charge in [0.15, 0.2) is 0 Å². The lowest BCUT2D eigenvalue weighted by Crippen LogP contribution is -2.05. The molecule has 5 heteroatoms. The summed E-state index contributed by atoms with van der Waals surface area (Å²) in [5.74, 6) is 0. The molecule has 0 saturated carbocycles. The third kappa shape index (κ3) is 6.96. The summed E-state index contributed by atoms with van der Waals surface area (Å²) in [5.41, 5.74) is 5.19. The van der Waals surface area contributed by atoms with Crippen LogP contribution >= 0.6 is 7.60 Å². The normalized spacial score (nSPS) is 18.8. The maximum atomic E-state index is 11.3. The van der Waals surface area contributed by atoms with E-state index in [9.17, 15) is 9.46 Å². The molecule has 0 aliphatic rings. The van der Waals surface area contributed by atoms with Gasteiger partial charge in [-0.1, -0.05) is 19.1 Å². The highest BCUT2D eigenvalue weighted by atomic mass is 31.2. The first-order valence-corrected chi connectivity index (χ1v) is 6.13. The van der Waals surface area contributed by atoms with Gasteiger partial charge in [0.1, 0.15) is 0 Å². The molecule has 13 heavy (non-hydrogen) atoms. The smallest absolute Gasteiger partial charge is 0.327 e. The Labute approximate surface area is 79.3 Å². The van der Waals surface area contributed by atoms with Crippen molar-refractivity contribution in [1.29, 1.82) is 0 Å². The minimum Gasteiger partial charge on any atom is -0.327 e. The molecule has 0 bridgehead atoms. The fourth-order valence-corrected chi connectivity index (χ4v) is 1.92. The third-order valence-corrected chi connectivity index (χ3v) is 2.92. The maximum Gasteiger partial charge on any atom is 0.332 e. The molecule has 0 aromatic heterocycles. The Morgan fingerprint density at radius 3 is 2.69 bits per heavy atom. The number of allylic oxidation sites excluding steroid dienone is 1. The van der Waals surface area contributed by atoms with Crippen LogP contribution in [-0.4, -0.2) is 23.7 Å². The summed E-state index contributed by atoms with van der Waals surface area (Å²) in [4.78, 5) is 9.28. The second-order valence-electron chi connectivity index (χ2n) is 2.85. The first-order chi connectivity index (χ1) is 6.02. The molecule has 3 N–H and O–H groups in total. The predicted octanol–water partition coefficient (Wildman–Crippen LogP) is 1.50. The van der Waals surface area contributed by atoms with Gasteiger partial charge in [-0.25, -0.2) is 0 Å². The monoisotopic (exact) mass is 207 g/mol. The molecule has 0 heterocycles. The largest absolute Gasteiger partial charge is 0.332 e. The van der Waals surface area contributed by atoms with E-state index in [-0.39, 0.29) is 12.3 Å². The average molecular weight is 207 g/mol. The fourth-order valence-electron chi connectivity index (χ4n) is 0.703. The standard InChI is InChI=1S/C8H18NO3P/c1-3-8(2)12-13(10,11)7-5-4-6-9/h4-5,8H,3,6-7,9H2,1-2H3,(H,10,11). The SMILES string of the molecule is CCC(C)OP(=O)(O)CC=CCN. The molecule has 0 spiro atoms. The lowest BCUT2D eigenvalue weighted by Gasteiger charge is -2.14. The minimum absolute atomic E-state index is 0.0362. The maximum absolute atomic E-state index is 11.3. The summed E-state index contributed by atoms with van der Waals surface area (Å²) < 4.78 is 16.3. The molecule has 0 aliphatic heterocycles. The molecule has 0 radical (unpaired) electrons. The van der Waals surface area contributed by atoms with Gasteiger partial charge < -0.3 is 15.2 Å². The van der Waals surface area contributed by atoms with Gasteiger partial charge in [-0.15, -0.1) is 0 Å². The highest BCUT2D eigenvalue weighted by Gasteiger charge is 2.19. The summed E-state index contributed by atoms with van der Waals surface area (Å²) in [6.45, 7) is 4.05. The van der Waals surface area contributed by atoms with E-state index in [0.717, 1.165) is 6.42 Å². The van der Waals surface area contributed by atoms with Crippen LogP contribution in [0.3, 0.4) is 0 Å². The van der Waals surface area contributed by atoms with Gasteiger partial charge in [0.25, 0.3) is 0 Å². The van der Waals surface area contributed by atoms with Gasteiger partial charge in [-0.3, -0.25) is 4.57 Å². The van der Waals surface area contributed by atoms with Crippen LogP contribution in [0.5, 0.6) is 0 Å². The van der Waals surface area contributed by atoms with Crippen LogP contribution in [0.25, 0.3) is 0 Å². The van der Waals surface area contributed by atoms with E-state index in [4.69, 9.17) is 10.3 Å². The molecule has 0 aromatic carbocycles. The zero-order chi connectivity index (χ0) is 10.3. The predicted molar refractivity (Wildman–Crippen MR) is 53.7 cm³/mol. The molecule has 0 amide bonds. The zero-order valence-corrected chi connectivity index (χ0v) is 9.04. The molecule has 0 aliphatic carbocycles. The van der Waals surface area contributed by atoms with Gasteiger partial charge in [0.2, 0.25) is 0 Å². The molecule has 0 aromatic rings. The third-order valence-electron chi connectivity index (χ3n) is 1.56. The lowest BCUT2D eigenvalue weighted by atomic mass is 10.3. The highest BCUT2D eigenvalue weighted by molar-refractivity contribution is 7.53. The Balaban J connectivity index is 3.93. The van der Waals surface area contributed by atoms with Crippen molar-refractivity contribution in [3.05, 3.63) is 12.2 Å². The Kier molecular flexibility index (Phi) is 6.25. The second kappa shape index (κ2) is 6.33. The van der Waals surface area contributed by atoms with Crippen molar-refractivity contribution in [2.75, 3.05) is 12.7 Å². The van der Waals surface area contributed by atoms with Crippen LogP contribution in [0.1, 0.15) is 20.3 Å². The summed E-state index contributed by atoms with van der Waals surface area (Å²) in [6, 6.07) is 0. The van der Waals surface area contributed by atoms with Gasteiger partial charge in [0, 0.05) is 6.54 Å². The first-order valence-electron chi connectivity index (χ1n) is 4.37. The number of hydrogen-bond donors (Lipinski definition) is 2. The van der Waals surface area contributed by atoms with Crippen LogP contribution in [0.4, 0.5) is 0 Å². The van der Waals surface area contributed by atoms with E-state index in [1.165, 1.54) is 0 Å². The molecule has 0 fully saturated rings. The van der Waals surface area contributed by atoms with Crippen LogP contribution in [0.2, 0.25) is 0 Å². The van der Waals surface area contributed by atoms with E-state index in [2.05, 4.69) is 0 Å². The molecule has 78 valence electrons. The average Bonchev–Trinajstić information content (AvgIpc) is 2.03. The van der Waals surface area contributed by atoms with Crippen molar-refractivity contribution >= 4 is 7.60 Å². The molecule has 4 nitrogen and oxygen atoms in total. The Morgan fingerprint density at radius 1 is 1.62 bits per heavy atom. The van der Waals surface area contributed by atoms with Crippen molar-refractivity contribution in [2.24, 2.45) is 5.73 Å². The Bertz CT molecular complexity index is 206. The number of nitrogens with two attached hydrogens (primary N) is 1. The van der Waals surface area contributed by atoms with Crippen LogP contribution in [0, 0.1) is 0 Å². The van der Waals surface area contributed by atoms with Crippen LogP contribution < -0.4 is 5.73 Å². The molecule has 0 saturated heterocycles. The van der Waals surface area contributed by atoms with Crippen molar-refractivity contribution in [3.63, 3.8) is 0 Å². The highest BCUT2D eigenvalue weighted by Crippen LogP contribution is 2.43. The Hall–Kier alpha value is -0.150. The van der Waals surface area contributed by atoms with E-state index in [0.29, 0.717) is 6.54 Å². The van der Waals surface area contributed by atoms with Crippen molar-refractivity contribution < 1.29 is 14.0 Å². The lowest BCUT2D eigenvalue weighted by molar-refractivity contribution is 0.187. The molecular formula is C8H18NO3P. The van der Waals surface area contributed by atoms with E-state index < -0.39 is 7.60 Å². The van der Waals surface area contributed by atoms with Gasteiger partial charge in [-0.05, 0) is 13.3 Å². The molecule has 2 atom stereocenters. The van der Waals surface area contributed by atoms with Crippen molar-refractivity contribution in [3.8, 4) is 0 Å². The number of hydrogen-bond acceptors (Lipinski definition) is 3. The fraction of sp³-hybridized carbons (Fsp3) is 0.750. The van der Waals surface area contributed by atoms with E-state index >= 15 is 0 Å². The quantitative estimate of drug-likeness (QED) is 0.511. The van der Waals surface area contributed by atoms with Gasteiger partial charge in [0.05, 0.1) is 12.3 Å². The van der Waals surface area contributed by atoms with Crippen molar-refractivity contribution in [2.45, 2.75) is 26.4 Å². The summed E-state index contributed by atoms with van der Waals surface area (Å²) >= 11 is 0. The number of rotatable bonds is 6. The second-order valence-corrected chi connectivity index (χ2v) is 4.70. The van der Waals surface area contributed by atoms with Crippen molar-refractivity contribution in [1.82, 2.24) is 0 Å². The van der Waals surface area contributed by atoms with Gasteiger partial charge >= 0.3 is 7.60 Å². The van der Waals surface area contributed by atoms with Crippen LogP contribution in [-0.2, 0) is 9.09 Å². The van der Waals surface area contributed by atoms with Crippen LogP contribution in [0.15, 0.2) is 12.2 Å². The summed E-state index contributed by atoms with van der Waals surface area (Å²) in [7, 11) is -3.44. The molecular weight excluding hydrogens is 189 g/mol. The Morgan fingerprint density at radius 2 is 2.23 bits per heavy atom. The zero-order valence-electron chi connectivity index (χ0n) is 8.14. The summed E-state index contributed by atoms with van der Waals surface area (Å²) in [5, 5.41) is 0. The van der Waals surface area contributed by atoms with Gasteiger partial charge in [-0.2, -0.15) is 0 Å². The summed E-state index contributed by atoms with van der Waals surface area (Å²) in [6.07, 6.45) is 3.80. The van der Waals surface area contributed by atoms with E-state index in [1.807, 2.05) is 6.92 Å². The first kappa shape index (κ1) is 12.8. The van der Waals surface area contributed by atoms with E-state index in [1.54, 1.807) is 19.1 Å². The molecule has 0 rings (SSSR count). The minimum atomic E-state index is -3.44. The topological polar surface area (TPSA) is 72.5 Å².